The molecule has 0 radical (unpaired) electrons. The van der Waals surface area contributed by atoms with Gasteiger partial charge in [0.25, 0.3) is 5.91 Å². The molecule has 2 N–H and O–H groups in total. The SMILES string of the molecule is CC(C)NC(=O)NC(=O)[C@@H](C)OC(=O)c1ccc(-c2nnco2)cc1. The fourth-order valence-electron chi connectivity index (χ4n) is 1.84. The third-order valence-electron chi connectivity index (χ3n) is 3.04. The van der Waals surface area contributed by atoms with Crippen LogP contribution in [0.5, 0.6) is 0 Å². The van der Waals surface area contributed by atoms with Crippen LogP contribution in [-0.2, 0) is 9.53 Å². The van der Waals surface area contributed by atoms with Crippen LogP contribution in [0.4, 0.5) is 4.79 Å². The minimum atomic E-state index is -1.12. The Morgan fingerprint density at radius 1 is 1.12 bits per heavy atom. The van der Waals surface area contributed by atoms with Gasteiger partial charge in [0.05, 0.1) is 5.56 Å². The molecule has 0 fully saturated rings. The zero-order valence-electron chi connectivity index (χ0n) is 14.0. The lowest BCUT2D eigenvalue weighted by Crippen LogP contribution is -2.46. The summed E-state index contributed by atoms with van der Waals surface area (Å²) in [5, 5.41) is 11.9. The lowest BCUT2D eigenvalue weighted by atomic mass is 10.1. The van der Waals surface area contributed by atoms with Gasteiger partial charge in [0.2, 0.25) is 12.3 Å². The Morgan fingerprint density at radius 3 is 2.36 bits per heavy atom. The molecule has 2 rings (SSSR count). The van der Waals surface area contributed by atoms with Gasteiger partial charge in [0.1, 0.15) is 0 Å². The van der Waals surface area contributed by atoms with Crippen LogP contribution in [0.1, 0.15) is 31.1 Å². The highest BCUT2D eigenvalue weighted by Gasteiger charge is 2.21. The second-order valence-electron chi connectivity index (χ2n) is 5.49. The van der Waals surface area contributed by atoms with Gasteiger partial charge in [-0.25, -0.2) is 9.59 Å². The Labute approximate surface area is 143 Å². The molecule has 0 aliphatic rings. The number of nitrogens with one attached hydrogen (secondary N) is 2. The number of urea groups is 1. The largest absolute Gasteiger partial charge is 0.449 e. The van der Waals surface area contributed by atoms with Crippen molar-refractivity contribution in [3.63, 3.8) is 0 Å². The number of amides is 3. The van der Waals surface area contributed by atoms with Gasteiger partial charge in [-0.15, -0.1) is 10.2 Å². The van der Waals surface area contributed by atoms with Crippen LogP contribution in [0.2, 0.25) is 0 Å². The normalized spacial score (nSPS) is 11.7. The van der Waals surface area contributed by atoms with Crippen LogP contribution in [-0.4, -0.2) is 40.3 Å². The molecule has 9 heteroatoms. The van der Waals surface area contributed by atoms with Crippen LogP contribution in [0, 0.1) is 0 Å². The fourth-order valence-corrected chi connectivity index (χ4v) is 1.84. The van der Waals surface area contributed by atoms with Gasteiger partial charge >= 0.3 is 12.0 Å². The molecule has 2 aromatic rings. The highest BCUT2D eigenvalue weighted by atomic mass is 16.5. The molecule has 1 atom stereocenters. The highest BCUT2D eigenvalue weighted by molar-refractivity contribution is 5.98. The van der Waals surface area contributed by atoms with E-state index in [1.54, 1.807) is 26.0 Å². The van der Waals surface area contributed by atoms with E-state index in [4.69, 9.17) is 9.15 Å². The van der Waals surface area contributed by atoms with Crippen molar-refractivity contribution in [2.24, 2.45) is 0 Å². The first-order valence-corrected chi connectivity index (χ1v) is 7.55. The Hall–Kier alpha value is -3.23. The molecule has 9 nitrogen and oxygen atoms in total. The van der Waals surface area contributed by atoms with E-state index in [0.29, 0.717) is 11.5 Å². The molecular weight excluding hydrogens is 328 g/mol. The van der Waals surface area contributed by atoms with E-state index < -0.39 is 24.0 Å². The Morgan fingerprint density at radius 2 is 1.80 bits per heavy atom. The molecule has 25 heavy (non-hydrogen) atoms. The van der Waals surface area contributed by atoms with E-state index in [9.17, 15) is 14.4 Å². The first-order valence-electron chi connectivity index (χ1n) is 7.55. The molecule has 0 aliphatic carbocycles. The molecule has 0 spiro atoms. The first-order chi connectivity index (χ1) is 11.9. The van der Waals surface area contributed by atoms with Gasteiger partial charge in [0.15, 0.2) is 6.10 Å². The van der Waals surface area contributed by atoms with E-state index in [1.807, 2.05) is 0 Å². The van der Waals surface area contributed by atoms with E-state index in [0.717, 1.165) is 0 Å². The molecule has 0 unspecified atom stereocenters. The maximum absolute atomic E-state index is 12.1. The molecule has 1 aromatic heterocycles. The molecule has 3 amide bonds. The van der Waals surface area contributed by atoms with Gasteiger partial charge in [-0.1, -0.05) is 0 Å². The van der Waals surface area contributed by atoms with Crippen LogP contribution >= 0.6 is 0 Å². The maximum atomic E-state index is 12.1. The monoisotopic (exact) mass is 346 g/mol. The molecular formula is C16H18N4O5. The summed E-state index contributed by atoms with van der Waals surface area (Å²) in [6, 6.07) is 5.49. The summed E-state index contributed by atoms with van der Waals surface area (Å²) < 4.78 is 10.1. The average Bonchev–Trinajstić information content (AvgIpc) is 3.08. The van der Waals surface area contributed by atoms with E-state index in [2.05, 4.69) is 20.8 Å². The standard InChI is InChI=1S/C16H18N4O5/c1-9(2)18-16(23)19-13(21)10(3)25-15(22)12-6-4-11(5-7-12)14-20-17-8-24-14/h4-10H,1-3H3,(H2,18,19,21,23)/t10-/m1/s1. The molecule has 0 bridgehead atoms. The molecule has 1 heterocycles. The number of aromatic nitrogens is 2. The summed E-state index contributed by atoms with van der Waals surface area (Å²) in [5.41, 5.74) is 0.889. The number of esters is 1. The van der Waals surface area contributed by atoms with E-state index >= 15 is 0 Å². The number of hydrogen-bond donors (Lipinski definition) is 2. The van der Waals surface area contributed by atoms with Crippen molar-refractivity contribution >= 4 is 17.9 Å². The summed E-state index contributed by atoms with van der Waals surface area (Å²) in [5.74, 6) is -1.08. The smallest absolute Gasteiger partial charge is 0.338 e. The number of nitrogens with zero attached hydrogens (tertiary/aromatic N) is 2. The van der Waals surface area contributed by atoms with E-state index in [1.165, 1.54) is 25.5 Å². The number of carbonyl (C=O) groups is 3. The molecule has 1 aromatic carbocycles. The zero-order valence-corrected chi connectivity index (χ0v) is 14.0. The Balaban J connectivity index is 1.92. The second-order valence-corrected chi connectivity index (χ2v) is 5.49. The minimum absolute atomic E-state index is 0.122. The van der Waals surface area contributed by atoms with Crippen molar-refractivity contribution in [3.05, 3.63) is 36.2 Å². The molecule has 0 aliphatic heterocycles. The maximum Gasteiger partial charge on any atom is 0.338 e. The number of rotatable bonds is 5. The Kier molecular flexibility index (Phi) is 5.83. The summed E-state index contributed by atoms with van der Waals surface area (Å²) >= 11 is 0. The summed E-state index contributed by atoms with van der Waals surface area (Å²) in [6.07, 6.45) is 0.0776. The van der Waals surface area contributed by atoms with Crippen molar-refractivity contribution in [2.45, 2.75) is 32.9 Å². The lowest BCUT2D eigenvalue weighted by molar-refractivity contribution is -0.127. The number of carbonyl (C=O) groups excluding carboxylic acids is 3. The average molecular weight is 346 g/mol. The summed E-state index contributed by atoms with van der Waals surface area (Å²) in [4.78, 5) is 35.4. The second kappa shape index (κ2) is 8.04. The van der Waals surface area contributed by atoms with Crippen LogP contribution < -0.4 is 10.6 Å². The van der Waals surface area contributed by atoms with Crippen molar-refractivity contribution in [3.8, 4) is 11.5 Å². The predicted molar refractivity (Wildman–Crippen MR) is 86.4 cm³/mol. The highest BCUT2D eigenvalue weighted by Crippen LogP contribution is 2.17. The third kappa shape index (κ3) is 5.13. The molecule has 0 saturated carbocycles. The quantitative estimate of drug-likeness (QED) is 0.787. The summed E-state index contributed by atoms with van der Waals surface area (Å²) in [7, 11) is 0. The predicted octanol–water partition coefficient (Wildman–Crippen LogP) is 1.52. The molecule has 132 valence electrons. The number of ether oxygens (including phenoxy) is 1. The van der Waals surface area contributed by atoms with Gasteiger partial charge in [-0.05, 0) is 45.0 Å². The third-order valence-corrected chi connectivity index (χ3v) is 3.04. The van der Waals surface area contributed by atoms with Crippen LogP contribution in [0.25, 0.3) is 11.5 Å². The van der Waals surface area contributed by atoms with Gasteiger partial charge < -0.3 is 14.5 Å². The van der Waals surface area contributed by atoms with Gasteiger partial charge in [-0.3, -0.25) is 10.1 Å². The molecule has 0 saturated heterocycles. The lowest BCUT2D eigenvalue weighted by Gasteiger charge is -2.14. The zero-order chi connectivity index (χ0) is 18.4. The summed E-state index contributed by atoms with van der Waals surface area (Å²) in [6.45, 7) is 4.89. The van der Waals surface area contributed by atoms with Crippen molar-refractivity contribution in [1.29, 1.82) is 0 Å². The number of benzene rings is 1. The van der Waals surface area contributed by atoms with Crippen molar-refractivity contribution in [2.75, 3.05) is 0 Å². The number of imide groups is 1. The first kappa shape index (κ1) is 18.1. The topological polar surface area (TPSA) is 123 Å². The van der Waals surface area contributed by atoms with Gasteiger partial charge in [0, 0.05) is 11.6 Å². The van der Waals surface area contributed by atoms with Crippen LogP contribution in [0.3, 0.4) is 0 Å². The van der Waals surface area contributed by atoms with Crippen LogP contribution in [0.15, 0.2) is 35.1 Å². The fraction of sp³-hybridized carbons (Fsp3) is 0.312. The van der Waals surface area contributed by atoms with Gasteiger partial charge in [-0.2, -0.15) is 0 Å². The Bertz CT molecular complexity index is 740. The van der Waals surface area contributed by atoms with E-state index in [-0.39, 0.29) is 11.6 Å². The van der Waals surface area contributed by atoms with Crippen molar-refractivity contribution in [1.82, 2.24) is 20.8 Å². The minimum Gasteiger partial charge on any atom is -0.449 e. The van der Waals surface area contributed by atoms with Crippen molar-refractivity contribution < 1.29 is 23.5 Å². The number of hydrogen-bond acceptors (Lipinski definition) is 7.